The maximum absolute atomic E-state index is 13.2. The minimum atomic E-state index is 0.0141. The van der Waals surface area contributed by atoms with Crippen molar-refractivity contribution in [1.82, 2.24) is 30.8 Å². The van der Waals surface area contributed by atoms with E-state index in [-0.39, 0.29) is 18.4 Å². The van der Waals surface area contributed by atoms with Crippen LogP contribution in [0.1, 0.15) is 19.3 Å². The van der Waals surface area contributed by atoms with Crippen LogP contribution in [-0.4, -0.2) is 71.1 Å². The van der Waals surface area contributed by atoms with Gasteiger partial charge in [-0.1, -0.05) is 12.1 Å². The molecule has 3 unspecified atom stereocenters. The fraction of sp³-hybridized carbons (Fsp3) is 0.520. The van der Waals surface area contributed by atoms with E-state index in [1.807, 2.05) is 58.3 Å². The maximum atomic E-state index is 13.2. The third-order valence-electron chi connectivity index (χ3n) is 7.96. The van der Waals surface area contributed by atoms with Gasteiger partial charge in [-0.2, -0.15) is 5.53 Å². The largest absolute Gasteiger partial charge is 0.482 e. The molecule has 3 N–H and O–H groups in total. The molecule has 9 heteroatoms. The van der Waals surface area contributed by atoms with Gasteiger partial charge in [0, 0.05) is 68.4 Å². The predicted molar refractivity (Wildman–Crippen MR) is 126 cm³/mol. The Morgan fingerprint density at radius 3 is 2.38 bits per heavy atom. The first-order valence-corrected chi connectivity index (χ1v) is 12.3. The van der Waals surface area contributed by atoms with Crippen molar-refractivity contribution >= 4 is 11.8 Å². The molecule has 5 atom stereocenters. The molecule has 2 amide bonds. The van der Waals surface area contributed by atoms with Crippen LogP contribution < -0.4 is 21.1 Å². The van der Waals surface area contributed by atoms with Gasteiger partial charge in [0.2, 0.25) is 5.91 Å². The molecule has 4 aliphatic rings. The van der Waals surface area contributed by atoms with Crippen LogP contribution in [0.25, 0.3) is 5.69 Å². The van der Waals surface area contributed by atoms with Gasteiger partial charge in [-0.25, -0.2) is 10.9 Å². The van der Waals surface area contributed by atoms with Crippen molar-refractivity contribution in [3.8, 4) is 11.4 Å². The first-order chi connectivity index (χ1) is 16.7. The molecule has 6 rings (SSSR count). The third kappa shape index (κ3) is 4.08. The Hall–Kier alpha value is -2.88. The summed E-state index contributed by atoms with van der Waals surface area (Å²) >= 11 is 0. The highest BCUT2D eigenvalue weighted by Gasteiger charge is 2.45. The molecule has 3 aliphatic heterocycles. The second-order valence-electron chi connectivity index (χ2n) is 10.0. The molecule has 4 fully saturated rings. The van der Waals surface area contributed by atoms with Crippen LogP contribution in [0.2, 0.25) is 0 Å². The summed E-state index contributed by atoms with van der Waals surface area (Å²) in [6.07, 6.45) is 6.75. The molecular weight excluding hydrogens is 432 g/mol. The summed E-state index contributed by atoms with van der Waals surface area (Å²) in [6.45, 7) is 2.97. The van der Waals surface area contributed by atoms with Crippen molar-refractivity contribution in [2.45, 2.75) is 31.3 Å². The minimum absolute atomic E-state index is 0.0141. The van der Waals surface area contributed by atoms with Crippen LogP contribution in [0.5, 0.6) is 5.75 Å². The highest BCUT2D eigenvalue weighted by molar-refractivity contribution is 5.80. The zero-order valence-corrected chi connectivity index (χ0v) is 19.2. The average Bonchev–Trinajstić information content (AvgIpc) is 3.65. The van der Waals surface area contributed by atoms with E-state index in [2.05, 4.69) is 21.3 Å². The van der Waals surface area contributed by atoms with Crippen LogP contribution in [-0.2, 0) is 9.59 Å². The number of fused-ring (bicyclic) bond motifs is 2. The van der Waals surface area contributed by atoms with E-state index in [4.69, 9.17) is 4.74 Å². The number of likely N-dealkylation sites (tertiary alicyclic amines) is 2. The number of para-hydroxylation sites is 2. The van der Waals surface area contributed by atoms with Gasteiger partial charge < -0.3 is 19.1 Å². The number of rotatable bonds is 5. The molecule has 4 heterocycles. The number of ether oxygens (including phenoxy) is 1. The lowest BCUT2D eigenvalue weighted by atomic mass is 9.82. The van der Waals surface area contributed by atoms with E-state index in [1.165, 1.54) is 0 Å². The molecule has 0 spiro atoms. The number of hydrogen-bond donors (Lipinski definition) is 3. The number of nitrogens with one attached hydrogen (secondary N) is 3. The summed E-state index contributed by atoms with van der Waals surface area (Å²) in [5.41, 5.74) is 10.4. The van der Waals surface area contributed by atoms with Crippen LogP contribution >= 0.6 is 0 Å². The number of amides is 2. The lowest BCUT2D eigenvalue weighted by molar-refractivity contribution is -0.136. The first-order valence-electron chi connectivity index (χ1n) is 12.3. The molecule has 1 saturated carbocycles. The van der Waals surface area contributed by atoms with Gasteiger partial charge in [0.15, 0.2) is 6.61 Å². The molecule has 1 aromatic heterocycles. The van der Waals surface area contributed by atoms with E-state index >= 15 is 0 Å². The maximum Gasteiger partial charge on any atom is 0.260 e. The van der Waals surface area contributed by atoms with Gasteiger partial charge in [0.1, 0.15) is 5.75 Å². The quantitative estimate of drug-likeness (QED) is 0.610. The number of hydrogen-bond acceptors (Lipinski definition) is 6. The number of hydrazine groups is 2. The van der Waals surface area contributed by atoms with Gasteiger partial charge >= 0.3 is 0 Å². The summed E-state index contributed by atoms with van der Waals surface area (Å²) in [7, 11) is 0. The molecule has 34 heavy (non-hydrogen) atoms. The van der Waals surface area contributed by atoms with E-state index < -0.39 is 0 Å². The van der Waals surface area contributed by atoms with Gasteiger partial charge in [-0.15, -0.1) is 0 Å². The predicted octanol–water partition coefficient (Wildman–Crippen LogP) is 0.923. The number of carbonyl (C=O) groups is 2. The Balaban J connectivity index is 1.01. The van der Waals surface area contributed by atoms with Crippen molar-refractivity contribution in [3.63, 3.8) is 0 Å². The van der Waals surface area contributed by atoms with Crippen molar-refractivity contribution in [2.24, 2.45) is 17.8 Å². The number of carbonyl (C=O) groups excluding carboxylic acids is 2. The SMILES string of the molecule is O=C(COc1ccccc1-n1cccc1)N1C[C@@H]2CN(C(=O)C3CCC4NNNC4C3)C[C@H]2C1. The second kappa shape index (κ2) is 9.05. The first kappa shape index (κ1) is 21.6. The molecular formula is C25H32N6O3. The van der Waals surface area contributed by atoms with E-state index in [0.29, 0.717) is 48.7 Å². The molecule has 0 radical (unpaired) electrons. The Morgan fingerprint density at radius 2 is 1.59 bits per heavy atom. The van der Waals surface area contributed by atoms with Gasteiger partial charge in [0.05, 0.1) is 5.69 Å². The van der Waals surface area contributed by atoms with Crippen LogP contribution in [0.3, 0.4) is 0 Å². The zero-order valence-electron chi connectivity index (χ0n) is 19.2. The van der Waals surface area contributed by atoms with Crippen molar-refractivity contribution in [1.29, 1.82) is 0 Å². The monoisotopic (exact) mass is 464 g/mol. The fourth-order valence-corrected chi connectivity index (χ4v) is 6.11. The molecule has 0 bridgehead atoms. The average molecular weight is 465 g/mol. The zero-order chi connectivity index (χ0) is 23.1. The number of aromatic nitrogens is 1. The summed E-state index contributed by atoms with van der Waals surface area (Å²) in [4.78, 5) is 30.1. The van der Waals surface area contributed by atoms with Crippen molar-refractivity contribution < 1.29 is 14.3 Å². The smallest absolute Gasteiger partial charge is 0.260 e. The molecule has 9 nitrogen and oxygen atoms in total. The van der Waals surface area contributed by atoms with Gasteiger partial charge in [-0.3, -0.25) is 9.59 Å². The molecule has 1 aliphatic carbocycles. The molecule has 180 valence electrons. The van der Waals surface area contributed by atoms with E-state index in [1.54, 1.807) is 0 Å². The summed E-state index contributed by atoms with van der Waals surface area (Å²) in [5, 5.41) is 0. The number of benzene rings is 1. The fourth-order valence-electron chi connectivity index (χ4n) is 6.11. The molecule has 2 aromatic rings. The standard InChI is InChI=1S/C25H32N6O3/c32-24(16-34-23-6-2-1-5-22(23)29-9-3-4-10-29)30-12-18-14-31(15-19(18)13-30)25(33)17-7-8-20-21(11-17)27-28-26-20/h1-6,9-10,17-21,26-28H,7-8,11-16H2/t17?,18-,19-,20?,21?/m1/s1. The minimum Gasteiger partial charge on any atom is -0.482 e. The van der Waals surface area contributed by atoms with Crippen LogP contribution in [0.4, 0.5) is 0 Å². The Bertz CT molecular complexity index is 1030. The molecule has 3 saturated heterocycles. The summed E-state index contributed by atoms with van der Waals surface area (Å²) in [6, 6.07) is 12.4. The summed E-state index contributed by atoms with van der Waals surface area (Å²) < 4.78 is 7.92. The topological polar surface area (TPSA) is 90.9 Å². The lowest BCUT2D eigenvalue weighted by Crippen LogP contribution is -2.45. The Kier molecular flexibility index (Phi) is 5.76. The normalized spacial score (nSPS) is 30.3. The lowest BCUT2D eigenvalue weighted by Gasteiger charge is -2.32. The van der Waals surface area contributed by atoms with E-state index in [9.17, 15) is 9.59 Å². The summed E-state index contributed by atoms with van der Waals surface area (Å²) in [5.74, 6) is 1.83. The molecule has 1 aromatic carbocycles. The van der Waals surface area contributed by atoms with Crippen LogP contribution in [0, 0.1) is 17.8 Å². The van der Waals surface area contributed by atoms with Crippen molar-refractivity contribution in [3.05, 3.63) is 48.8 Å². The van der Waals surface area contributed by atoms with Gasteiger partial charge in [0.25, 0.3) is 5.91 Å². The number of nitrogens with zero attached hydrogens (tertiary/aromatic N) is 3. The Morgan fingerprint density at radius 1 is 0.882 bits per heavy atom. The highest BCUT2D eigenvalue weighted by atomic mass is 16.5. The van der Waals surface area contributed by atoms with Crippen molar-refractivity contribution in [2.75, 3.05) is 32.8 Å². The Labute approximate surface area is 199 Å². The second-order valence-corrected chi connectivity index (χ2v) is 10.0. The van der Waals surface area contributed by atoms with Crippen LogP contribution in [0.15, 0.2) is 48.8 Å². The third-order valence-corrected chi connectivity index (χ3v) is 7.96. The highest BCUT2D eigenvalue weighted by Crippen LogP contribution is 2.34. The van der Waals surface area contributed by atoms with Gasteiger partial charge in [-0.05, 0) is 43.5 Å². The van der Waals surface area contributed by atoms with E-state index in [0.717, 1.165) is 38.0 Å².